The summed E-state index contributed by atoms with van der Waals surface area (Å²) in [5.41, 5.74) is 5.24. The molecule has 1 saturated carbocycles. The van der Waals surface area contributed by atoms with Crippen molar-refractivity contribution in [1.29, 1.82) is 5.26 Å². The van der Waals surface area contributed by atoms with Gasteiger partial charge in [-0.3, -0.25) is 24.1 Å². The number of hydrogen-bond donors (Lipinski definition) is 4. The molecule has 5 atom stereocenters. The fourth-order valence-corrected chi connectivity index (χ4v) is 11.7. The summed E-state index contributed by atoms with van der Waals surface area (Å²) in [6.45, 7) is 23.1. The number of nitrogens with one attached hydrogen (secondary N) is 3. The van der Waals surface area contributed by atoms with Gasteiger partial charge in [0.05, 0.1) is 44.9 Å². The quantitative estimate of drug-likeness (QED) is 0.0892. The highest BCUT2D eigenvalue weighted by Gasteiger charge is 2.64. The van der Waals surface area contributed by atoms with E-state index in [9.17, 15) is 29.5 Å². The SMILES string of the molecule is Cc1ncsc1-c1ccc([C@H](C)NC(=O)[C@@H]2C[C@@H](O)CN2C(=O)C(NC(=O)COC(C)CN2CCN(c3ccc(C(=O)NC4C(C)(C)C(Oc5ccc(C#N)c(Cl)c5)C4(C)C)cc3)CC2)C(C)(C)C)cc1. The first-order valence-electron chi connectivity index (χ1n) is 24.4. The number of aryl methyl sites for hydroxylation is 1. The van der Waals surface area contributed by atoms with Gasteiger partial charge in [-0.15, -0.1) is 11.3 Å². The molecule has 2 aliphatic heterocycles. The number of amides is 4. The number of anilines is 1. The average molecular weight is 1010 g/mol. The van der Waals surface area contributed by atoms with Crippen LogP contribution < -0.4 is 25.6 Å². The van der Waals surface area contributed by atoms with Crippen LogP contribution in [0.15, 0.2) is 72.2 Å². The van der Waals surface area contributed by atoms with Crippen molar-refractivity contribution in [3.8, 4) is 22.3 Å². The summed E-state index contributed by atoms with van der Waals surface area (Å²) in [5.74, 6) is -0.811. The molecule has 0 spiro atoms. The van der Waals surface area contributed by atoms with Crippen molar-refractivity contribution in [3.05, 3.63) is 99.6 Å². The number of halogens is 1. The van der Waals surface area contributed by atoms with Gasteiger partial charge < -0.3 is 40.3 Å². The Hall–Kier alpha value is -5.57. The number of piperazine rings is 1. The number of hydrogen-bond acceptors (Lipinski definition) is 12. The van der Waals surface area contributed by atoms with Crippen LogP contribution in [0.1, 0.15) is 102 Å². The van der Waals surface area contributed by atoms with Crippen molar-refractivity contribution >= 4 is 52.3 Å². The Morgan fingerprint density at radius 2 is 1.62 bits per heavy atom. The van der Waals surface area contributed by atoms with Crippen LogP contribution in [0.5, 0.6) is 5.75 Å². The van der Waals surface area contributed by atoms with Gasteiger partial charge in [-0.25, -0.2) is 4.98 Å². The number of nitrogens with zero attached hydrogens (tertiary/aromatic N) is 5. The van der Waals surface area contributed by atoms with E-state index in [1.807, 2.05) is 95.6 Å². The molecule has 2 saturated heterocycles. The van der Waals surface area contributed by atoms with Gasteiger partial charge in [0.15, 0.2) is 0 Å². The van der Waals surface area contributed by atoms with Crippen LogP contribution >= 0.6 is 22.9 Å². The zero-order valence-electron chi connectivity index (χ0n) is 42.5. The van der Waals surface area contributed by atoms with Crippen molar-refractivity contribution in [2.24, 2.45) is 16.2 Å². The number of aliphatic hydroxyl groups excluding tert-OH is 1. The van der Waals surface area contributed by atoms with Gasteiger partial charge in [-0.2, -0.15) is 5.26 Å². The standard InChI is InChI=1S/C54H69ClN8O7S/c1-32(28-61-21-23-62(24-22-61)39-18-15-37(16-19-39)47(66)60-50-53(7,8)51(54(50,9)10)70-41-20-17-38(27-56)42(55)26-41)69-30-44(65)59-46(52(4,5)6)49(68)63-29-40(64)25-43(63)48(67)58-33(2)35-11-13-36(14-12-35)45-34(3)57-31-71-45/h11-20,26,31-33,40,43,46,50-51,64H,21-25,28-30H2,1-10H3,(H,58,67)(H,59,65)(H,60,66)/t32?,33-,40+,43-,46?,50?,51?/m0/s1. The normalized spacial score (nSPS) is 22.1. The van der Waals surface area contributed by atoms with E-state index in [-0.39, 0.29) is 66.5 Å². The summed E-state index contributed by atoms with van der Waals surface area (Å²) in [4.78, 5) is 66.3. The number of aromatic nitrogens is 1. The molecular formula is C54H69ClN8O7S. The van der Waals surface area contributed by atoms with Gasteiger partial charge in [0.25, 0.3) is 5.91 Å². The first-order chi connectivity index (χ1) is 33.5. The number of β-amino-alcohol motifs (C(OH)–C–C–N with tert-alkyl or cyclic N) is 1. The zero-order chi connectivity index (χ0) is 51.6. The van der Waals surface area contributed by atoms with Crippen molar-refractivity contribution in [1.82, 2.24) is 30.7 Å². The highest BCUT2D eigenvalue weighted by molar-refractivity contribution is 7.13. The lowest BCUT2D eigenvalue weighted by Crippen LogP contribution is -2.74. The highest BCUT2D eigenvalue weighted by atomic mass is 35.5. The smallest absolute Gasteiger partial charge is 0.251 e. The molecule has 4 amide bonds. The number of thiazole rings is 1. The molecule has 7 rings (SSSR count). The highest BCUT2D eigenvalue weighted by Crippen LogP contribution is 2.55. The Balaban J connectivity index is 0.846. The third-order valence-corrected chi connectivity index (χ3v) is 15.7. The number of carbonyl (C=O) groups is 4. The van der Waals surface area contributed by atoms with E-state index in [1.54, 1.807) is 29.5 Å². The lowest BCUT2D eigenvalue weighted by atomic mass is 9.49. The summed E-state index contributed by atoms with van der Waals surface area (Å²) in [5, 5.41) is 29.5. The largest absolute Gasteiger partial charge is 0.489 e. The number of aliphatic hydroxyl groups is 1. The van der Waals surface area contributed by atoms with Crippen LogP contribution in [-0.2, 0) is 19.1 Å². The predicted octanol–water partition coefficient (Wildman–Crippen LogP) is 7.15. The first kappa shape index (κ1) is 53.2. The van der Waals surface area contributed by atoms with Crippen molar-refractivity contribution < 1.29 is 33.8 Å². The number of benzene rings is 3. The molecule has 3 aliphatic rings. The Morgan fingerprint density at radius 1 is 0.958 bits per heavy atom. The van der Waals surface area contributed by atoms with E-state index in [4.69, 9.17) is 21.1 Å². The zero-order valence-corrected chi connectivity index (χ0v) is 44.1. The molecule has 3 aromatic carbocycles. The fourth-order valence-electron chi connectivity index (χ4n) is 10.7. The minimum absolute atomic E-state index is 0.0180. The molecule has 71 heavy (non-hydrogen) atoms. The van der Waals surface area contributed by atoms with Gasteiger partial charge in [-0.1, -0.05) is 84.3 Å². The summed E-state index contributed by atoms with van der Waals surface area (Å²) in [7, 11) is 0. The summed E-state index contributed by atoms with van der Waals surface area (Å²) < 4.78 is 12.4. The van der Waals surface area contributed by atoms with Crippen molar-refractivity contribution in [2.45, 2.75) is 118 Å². The van der Waals surface area contributed by atoms with Gasteiger partial charge in [0, 0.05) is 79.9 Å². The topological polar surface area (TPSA) is 189 Å². The van der Waals surface area contributed by atoms with E-state index in [0.29, 0.717) is 28.4 Å². The molecule has 4 N–H and O–H groups in total. The monoisotopic (exact) mass is 1010 g/mol. The average Bonchev–Trinajstić information content (AvgIpc) is 3.95. The van der Waals surface area contributed by atoms with Crippen LogP contribution in [-0.4, -0.2) is 126 Å². The van der Waals surface area contributed by atoms with E-state index < -0.39 is 35.4 Å². The van der Waals surface area contributed by atoms with Gasteiger partial charge in [0.1, 0.15) is 36.6 Å². The van der Waals surface area contributed by atoms with E-state index >= 15 is 0 Å². The van der Waals surface area contributed by atoms with Gasteiger partial charge in [-0.05, 0) is 73.7 Å². The minimum atomic E-state index is -0.969. The fraction of sp³-hybridized carbons (Fsp3) is 0.519. The second-order valence-corrected chi connectivity index (χ2v) is 22.9. The van der Waals surface area contributed by atoms with E-state index in [2.05, 4.69) is 64.5 Å². The van der Waals surface area contributed by atoms with Crippen LogP contribution in [0, 0.1) is 34.5 Å². The minimum Gasteiger partial charge on any atom is -0.489 e. The molecule has 0 radical (unpaired) electrons. The summed E-state index contributed by atoms with van der Waals surface area (Å²) in [6.07, 6.45) is -1.27. The summed E-state index contributed by atoms with van der Waals surface area (Å²) >= 11 is 7.84. The van der Waals surface area contributed by atoms with E-state index in [0.717, 1.165) is 53.6 Å². The van der Waals surface area contributed by atoms with E-state index in [1.165, 1.54) is 4.90 Å². The van der Waals surface area contributed by atoms with Crippen molar-refractivity contribution in [2.75, 3.05) is 50.8 Å². The number of ether oxygens (including phenoxy) is 2. The van der Waals surface area contributed by atoms with Crippen LogP contribution in [0.3, 0.4) is 0 Å². The Labute approximate surface area is 427 Å². The molecule has 1 aliphatic carbocycles. The molecule has 17 heteroatoms. The molecular weight excluding hydrogens is 940 g/mol. The molecule has 2 unspecified atom stereocenters. The van der Waals surface area contributed by atoms with Crippen LogP contribution in [0.4, 0.5) is 5.69 Å². The molecule has 1 aromatic heterocycles. The number of likely N-dealkylation sites (tertiary alicyclic amines) is 1. The Morgan fingerprint density at radius 3 is 2.21 bits per heavy atom. The number of carbonyl (C=O) groups excluding carboxylic acids is 4. The Kier molecular flexibility index (Phi) is 16.2. The first-order valence-corrected chi connectivity index (χ1v) is 25.7. The number of nitriles is 1. The lowest BCUT2D eigenvalue weighted by Gasteiger charge is -2.63. The maximum atomic E-state index is 14.2. The molecule has 4 aromatic rings. The van der Waals surface area contributed by atoms with Crippen LogP contribution in [0.2, 0.25) is 5.02 Å². The maximum Gasteiger partial charge on any atom is 0.251 e. The molecule has 15 nitrogen and oxygen atoms in total. The Bertz CT molecular complexity index is 2580. The van der Waals surface area contributed by atoms with Crippen LogP contribution in [0.25, 0.3) is 10.4 Å². The molecule has 3 heterocycles. The van der Waals surface area contributed by atoms with Gasteiger partial charge in [0.2, 0.25) is 17.7 Å². The number of rotatable bonds is 16. The third-order valence-electron chi connectivity index (χ3n) is 14.4. The maximum absolute atomic E-state index is 14.2. The molecule has 0 bridgehead atoms. The van der Waals surface area contributed by atoms with Gasteiger partial charge >= 0.3 is 0 Å². The molecule has 380 valence electrons. The summed E-state index contributed by atoms with van der Waals surface area (Å²) in [6, 6.07) is 20.4. The predicted molar refractivity (Wildman–Crippen MR) is 276 cm³/mol. The molecule has 3 fully saturated rings. The van der Waals surface area contributed by atoms with Crippen molar-refractivity contribution in [3.63, 3.8) is 0 Å². The second-order valence-electron chi connectivity index (χ2n) is 21.6. The lowest BCUT2D eigenvalue weighted by molar-refractivity contribution is -0.164. The third kappa shape index (κ3) is 12.0. The second kappa shape index (κ2) is 21.6.